The minimum Gasteiger partial charge on any atom is -0.376 e. The molecule has 0 spiro atoms. The van der Waals surface area contributed by atoms with Crippen LogP contribution in [0, 0.1) is 0 Å². The van der Waals surface area contributed by atoms with Crippen molar-refractivity contribution in [2.75, 3.05) is 26.2 Å². The van der Waals surface area contributed by atoms with Crippen LogP contribution in [-0.4, -0.2) is 57.0 Å². The van der Waals surface area contributed by atoms with E-state index in [0.29, 0.717) is 6.54 Å². The van der Waals surface area contributed by atoms with Crippen molar-refractivity contribution in [2.45, 2.75) is 75.2 Å². The van der Waals surface area contributed by atoms with Gasteiger partial charge in [0.25, 0.3) is 0 Å². The molecule has 3 aliphatic rings. The van der Waals surface area contributed by atoms with Gasteiger partial charge in [-0.05, 0) is 32.1 Å². The molecule has 0 unspecified atom stereocenters. The van der Waals surface area contributed by atoms with E-state index in [1.165, 1.54) is 38.5 Å². The molecule has 128 valence electrons. The molecule has 3 fully saturated rings. The molecule has 0 radical (unpaired) electrons. The normalized spacial score (nSPS) is 29.4. The maximum absolute atomic E-state index is 11.8. The number of hydrogen-bond acceptors (Lipinski definition) is 4. The Balaban J connectivity index is 1.42. The first-order valence-corrected chi connectivity index (χ1v) is 10.5. The van der Waals surface area contributed by atoms with Crippen molar-refractivity contribution >= 4 is 10.0 Å². The largest absolute Gasteiger partial charge is 0.376 e. The van der Waals surface area contributed by atoms with Crippen molar-refractivity contribution in [1.29, 1.82) is 0 Å². The Bertz CT molecular complexity index is 442. The van der Waals surface area contributed by atoms with E-state index in [-0.39, 0.29) is 11.4 Å². The van der Waals surface area contributed by atoms with Crippen molar-refractivity contribution in [3.8, 4) is 0 Å². The highest BCUT2D eigenvalue weighted by Crippen LogP contribution is 2.27. The zero-order chi connectivity index (χ0) is 15.4. The van der Waals surface area contributed by atoms with Crippen molar-refractivity contribution in [2.24, 2.45) is 0 Å². The quantitative estimate of drug-likeness (QED) is 0.756. The molecule has 0 bridgehead atoms. The standard InChI is InChI=1S/C16H30N2O3S/c19-22(20,16-7-8-16)17-10-9-15-13-18(11-12-21-15)14-5-3-1-2-4-6-14/h14-17H,1-13H2/t15-/m1/s1. The first kappa shape index (κ1) is 16.7. The molecule has 0 aromatic carbocycles. The van der Waals surface area contributed by atoms with E-state index in [1.54, 1.807) is 0 Å². The summed E-state index contributed by atoms with van der Waals surface area (Å²) in [6, 6.07) is 0.719. The van der Waals surface area contributed by atoms with Crippen LogP contribution in [0.3, 0.4) is 0 Å². The minimum absolute atomic E-state index is 0.123. The second-order valence-electron chi connectivity index (χ2n) is 7.06. The fraction of sp³-hybridized carbons (Fsp3) is 1.00. The Morgan fingerprint density at radius 1 is 1.05 bits per heavy atom. The molecule has 1 N–H and O–H groups in total. The lowest BCUT2D eigenvalue weighted by Crippen LogP contribution is -2.48. The smallest absolute Gasteiger partial charge is 0.214 e. The molecule has 0 amide bonds. The molecule has 1 saturated heterocycles. The Hall–Kier alpha value is -0.170. The Morgan fingerprint density at radius 3 is 2.45 bits per heavy atom. The fourth-order valence-electron chi connectivity index (χ4n) is 3.73. The van der Waals surface area contributed by atoms with Crippen LogP contribution in [0.2, 0.25) is 0 Å². The van der Waals surface area contributed by atoms with E-state index in [0.717, 1.165) is 45.0 Å². The van der Waals surface area contributed by atoms with Gasteiger partial charge in [0, 0.05) is 25.7 Å². The van der Waals surface area contributed by atoms with Gasteiger partial charge in [0.1, 0.15) is 0 Å². The maximum atomic E-state index is 11.8. The van der Waals surface area contributed by atoms with Gasteiger partial charge in [-0.3, -0.25) is 4.90 Å². The first-order chi connectivity index (χ1) is 10.6. The number of nitrogens with one attached hydrogen (secondary N) is 1. The van der Waals surface area contributed by atoms with Crippen LogP contribution in [0.1, 0.15) is 57.8 Å². The molecule has 3 rings (SSSR count). The fourth-order valence-corrected chi connectivity index (χ4v) is 5.12. The zero-order valence-corrected chi connectivity index (χ0v) is 14.3. The van der Waals surface area contributed by atoms with Gasteiger partial charge in [-0.15, -0.1) is 0 Å². The van der Waals surface area contributed by atoms with Crippen LogP contribution >= 0.6 is 0 Å². The van der Waals surface area contributed by atoms with Gasteiger partial charge in [0.05, 0.1) is 18.0 Å². The third-order valence-corrected chi connectivity index (χ3v) is 7.20. The van der Waals surface area contributed by atoms with Gasteiger partial charge in [-0.1, -0.05) is 25.7 Å². The van der Waals surface area contributed by atoms with Crippen molar-refractivity contribution in [3.63, 3.8) is 0 Å². The van der Waals surface area contributed by atoms with Crippen LogP contribution in [-0.2, 0) is 14.8 Å². The lowest BCUT2D eigenvalue weighted by atomic mass is 10.1. The third-order valence-electron chi connectivity index (χ3n) is 5.24. The van der Waals surface area contributed by atoms with Crippen molar-refractivity contribution < 1.29 is 13.2 Å². The molecule has 2 saturated carbocycles. The number of nitrogens with zero attached hydrogens (tertiary/aromatic N) is 1. The van der Waals surface area contributed by atoms with E-state index in [9.17, 15) is 8.42 Å². The van der Waals surface area contributed by atoms with Gasteiger partial charge in [-0.25, -0.2) is 13.1 Å². The average Bonchev–Trinajstić information content (AvgIpc) is 3.34. The number of hydrogen-bond donors (Lipinski definition) is 1. The molecular weight excluding hydrogens is 300 g/mol. The second-order valence-corrected chi connectivity index (χ2v) is 9.11. The Labute approximate surface area is 134 Å². The molecule has 22 heavy (non-hydrogen) atoms. The molecular formula is C16H30N2O3S. The van der Waals surface area contributed by atoms with E-state index in [1.807, 2.05) is 0 Å². The minimum atomic E-state index is -3.05. The number of sulfonamides is 1. The second kappa shape index (κ2) is 7.60. The lowest BCUT2D eigenvalue weighted by Gasteiger charge is -2.38. The SMILES string of the molecule is O=S(=O)(NCC[C@@H]1CN(C2CCCCCC2)CCO1)C1CC1. The monoisotopic (exact) mass is 330 g/mol. The van der Waals surface area contributed by atoms with Gasteiger partial charge >= 0.3 is 0 Å². The summed E-state index contributed by atoms with van der Waals surface area (Å²) in [7, 11) is -3.05. The molecule has 0 aromatic heterocycles. The topological polar surface area (TPSA) is 58.6 Å². The number of morpholine rings is 1. The summed E-state index contributed by atoms with van der Waals surface area (Å²) in [4.78, 5) is 2.59. The molecule has 0 aromatic rings. The molecule has 2 aliphatic carbocycles. The van der Waals surface area contributed by atoms with Gasteiger partial charge < -0.3 is 4.74 Å². The van der Waals surface area contributed by atoms with Crippen LogP contribution in [0.5, 0.6) is 0 Å². The number of ether oxygens (including phenoxy) is 1. The van der Waals surface area contributed by atoms with Crippen LogP contribution in [0.4, 0.5) is 0 Å². The predicted octanol–water partition coefficient (Wildman–Crippen LogP) is 1.88. The van der Waals surface area contributed by atoms with E-state index < -0.39 is 10.0 Å². The first-order valence-electron chi connectivity index (χ1n) is 8.99. The Kier molecular flexibility index (Phi) is 5.76. The highest BCUT2D eigenvalue weighted by molar-refractivity contribution is 7.90. The third kappa shape index (κ3) is 4.66. The molecule has 1 atom stereocenters. The van der Waals surface area contributed by atoms with Crippen molar-refractivity contribution in [1.82, 2.24) is 9.62 Å². The predicted molar refractivity (Wildman–Crippen MR) is 87.4 cm³/mol. The Morgan fingerprint density at radius 2 is 1.77 bits per heavy atom. The summed E-state index contributed by atoms with van der Waals surface area (Å²) in [6.45, 7) is 3.31. The summed E-state index contributed by atoms with van der Waals surface area (Å²) < 4.78 is 32.2. The summed E-state index contributed by atoms with van der Waals surface area (Å²) in [5.41, 5.74) is 0. The molecule has 6 heteroatoms. The summed E-state index contributed by atoms with van der Waals surface area (Å²) >= 11 is 0. The number of rotatable bonds is 6. The van der Waals surface area contributed by atoms with E-state index >= 15 is 0 Å². The maximum Gasteiger partial charge on any atom is 0.214 e. The van der Waals surface area contributed by atoms with Gasteiger partial charge in [0.15, 0.2) is 0 Å². The highest BCUT2D eigenvalue weighted by Gasteiger charge is 2.35. The van der Waals surface area contributed by atoms with Crippen molar-refractivity contribution in [3.05, 3.63) is 0 Å². The van der Waals surface area contributed by atoms with Gasteiger partial charge in [-0.2, -0.15) is 0 Å². The highest BCUT2D eigenvalue weighted by atomic mass is 32.2. The summed E-state index contributed by atoms with van der Waals surface area (Å²) in [5, 5.41) is -0.123. The van der Waals surface area contributed by atoms with Crippen LogP contribution in [0.25, 0.3) is 0 Å². The summed E-state index contributed by atoms with van der Waals surface area (Å²) in [5.74, 6) is 0. The van der Waals surface area contributed by atoms with Crippen LogP contribution in [0.15, 0.2) is 0 Å². The lowest BCUT2D eigenvalue weighted by molar-refractivity contribution is -0.0475. The molecule has 1 aliphatic heterocycles. The average molecular weight is 330 g/mol. The zero-order valence-electron chi connectivity index (χ0n) is 13.5. The van der Waals surface area contributed by atoms with E-state index in [4.69, 9.17) is 4.74 Å². The van der Waals surface area contributed by atoms with Crippen LogP contribution < -0.4 is 4.72 Å². The summed E-state index contributed by atoms with van der Waals surface area (Å²) in [6.07, 6.45) is 10.7. The molecule has 1 heterocycles. The van der Waals surface area contributed by atoms with E-state index in [2.05, 4.69) is 9.62 Å². The molecule has 5 nitrogen and oxygen atoms in total. The van der Waals surface area contributed by atoms with Gasteiger partial charge in [0.2, 0.25) is 10.0 Å².